The van der Waals surface area contributed by atoms with Gasteiger partial charge in [0.2, 0.25) is 5.91 Å². The van der Waals surface area contributed by atoms with Crippen molar-refractivity contribution < 1.29 is 4.79 Å². The fraction of sp³-hybridized carbons (Fsp3) is 0.611. The lowest BCUT2D eigenvalue weighted by Gasteiger charge is -2.41. The quantitative estimate of drug-likeness (QED) is 0.904. The van der Waals surface area contributed by atoms with Crippen LogP contribution in [0.25, 0.3) is 0 Å². The second-order valence-electron chi connectivity index (χ2n) is 7.41. The fourth-order valence-electron chi connectivity index (χ4n) is 3.85. The number of hydrogen-bond donors (Lipinski definition) is 1. The molecule has 3 heteroatoms. The summed E-state index contributed by atoms with van der Waals surface area (Å²) < 4.78 is 0. The zero-order valence-corrected chi connectivity index (χ0v) is 13.4. The summed E-state index contributed by atoms with van der Waals surface area (Å²) in [5, 5.41) is 3.39. The average Bonchev–Trinajstić information content (AvgIpc) is 2.80. The number of carbonyl (C=O) groups is 1. The Hall–Kier alpha value is -1.35. The Morgan fingerprint density at radius 2 is 1.95 bits per heavy atom. The van der Waals surface area contributed by atoms with E-state index in [9.17, 15) is 4.79 Å². The first-order valence-corrected chi connectivity index (χ1v) is 8.07. The summed E-state index contributed by atoms with van der Waals surface area (Å²) in [6, 6.07) is 8.92. The first-order chi connectivity index (χ1) is 9.96. The third-order valence-corrected chi connectivity index (χ3v) is 4.98. The van der Waals surface area contributed by atoms with E-state index in [0.29, 0.717) is 18.0 Å². The predicted molar refractivity (Wildman–Crippen MR) is 84.8 cm³/mol. The first kappa shape index (κ1) is 14.6. The maximum atomic E-state index is 12.4. The molecule has 114 valence electrons. The van der Waals surface area contributed by atoms with Gasteiger partial charge in [0.1, 0.15) is 6.17 Å². The zero-order valence-electron chi connectivity index (χ0n) is 13.4. The molecule has 21 heavy (non-hydrogen) atoms. The lowest BCUT2D eigenvalue weighted by molar-refractivity contribution is -0.131. The molecule has 1 aliphatic heterocycles. The van der Waals surface area contributed by atoms with Crippen molar-refractivity contribution in [3.63, 3.8) is 0 Å². The topological polar surface area (TPSA) is 32.3 Å². The van der Waals surface area contributed by atoms with Gasteiger partial charge < -0.3 is 4.90 Å². The average molecular weight is 286 g/mol. The monoisotopic (exact) mass is 286 g/mol. The number of amides is 1. The summed E-state index contributed by atoms with van der Waals surface area (Å²) in [7, 11) is 0. The molecule has 1 heterocycles. The van der Waals surface area contributed by atoms with Crippen molar-refractivity contribution in [1.29, 1.82) is 0 Å². The van der Waals surface area contributed by atoms with Crippen molar-refractivity contribution in [1.82, 2.24) is 10.2 Å². The van der Waals surface area contributed by atoms with Gasteiger partial charge in [-0.15, -0.1) is 0 Å². The van der Waals surface area contributed by atoms with Gasteiger partial charge in [0, 0.05) is 6.04 Å². The Bertz CT molecular complexity index is 521. The first-order valence-electron chi connectivity index (χ1n) is 8.07. The fourth-order valence-corrected chi connectivity index (χ4v) is 3.85. The summed E-state index contributed by atoms with van der Waals surface area (Å²) in [6.07, 6.45) is 4.80. The Labute approximate surface area is 127 Å². The van der Waals surface area contributed by atoms with Crippen LogP contribution in [-0.2, 0) is 4.79 Å². The van der Waals surface area contributed by atoms with E-state index < -0.39 is 0 Å². The molecule has 3 nitrogen and oxygen atoms in total. The molecule has 1 amide bonds. The van der Waals surface area contributed by atoms with E-state index in [1.54, 1.807) is 0 Å². The van der Waals surface area contributed by atoms with Gasteiger partial charge in [-0.2, -0.15) is 0 Å². The van der Waals surface area contributed by atoms with Crippen LogP contribution in [0, 0.1) is 12.3 Å². The van der Waals surface area contributed by atoms with Gasteiger partial charge in [-0.1, -0.05) is 50.1 Å². The van der Waals surface area contributed by atoms with Crippen LogP contribution in [0.1, 0.15) is 56.8 Å². The second kappa shape index (κ2) is 5.45. The minimum absolute atomic E-state index is 0.0528. The summed E-state index contributed by atoms with van der Waals surface area (Å²) in [4.78, 5) is 14.5. The minimum Gasteiger partial charge on any atom is -0.319 e. The van der Waals surface area contributed by atoms with Crippen molar-refractivity contribution in [3.05, 3.63) is 35.4 Å². The van der Waals surface area contributed by atoms with Crippen LogP contribution in [0.2, 0.25) is 0 Å². The number of nitrogens with zero attached hydrogens (tertiary/aromatic N) is 1. The highest BCUT2D eigenvalue weighted by Crippen LogP contribution is 2.40. The van der Waals surface area contributed by atoms with Gasteiger partial charge in [-0.05, 0) is 37.2 Å². The molecule has 1 aliphatic carbocycles. The molecule has 3 rings (SSSR count). The number of benzene rings is 1. The molecule has 2 aliphatic rings. The molecule has 2 atom stereocenters. The molecule has 1 aromatic carbocycles. The van der Waals surface area contributed by atoms with Gasteiger partial charge in [0.05, 0.1) is 6.54 Å². The van der Waals surface area contributed by atoms with Crippen LogP contribution >= 0.6 is 0 Å². The molecular weight excluding hydrogens is 260 g/mol. The molecule has 1 aromatic rings. The van der Waals surface area contributed by atoms with E-state index in [1.165, 1.54) is 24.0 Å². The van der Waals surface area contributed by atoms with E-state index in [1.807, 2.05) is 0 Å². The van der Waals surface area contributed by atoms with Crippen LogP contribution in [0.15, 0.2) is 24.3 Å². The number of carbonyl (C=O) groups excluding carboxylic acids is 1. The van der Waals surface area contributed by atoms with E-state index in [2.05, 4.69) is 55.3 Å². The highest BCUT2D eigenvalue weighted by molar-refractivity contribution is 5.81. The number of rotatable bonds is 2. The van der Waals surface area contributed by atoms with Crippen molar-refractivity contribution in [2.24, 2.45) is 5.41 Å². The van der Waals surface area contributed by atoms with Gasteiger partial charge in [-0.3, -0.25) is 10.1 Å². The molecular formula is C18H26N2O. The maximum Gasteiger partial charge on any atom is 0.238 e. The zero-order chi connectivity index (χ0) is 15.0. The normalized spacial score (nSPS) is 28.9. The van der Waals surface area contributed by atoms with Gasteiger partial charge >= 0.3 is 0 Å². The smallest absolute Gasteiger partial charge is 0.238 e. The molecule has 0 radical (unpaired) electrons. The Balaban J connectivity index is 1.84. The second-order valence-corrected chi connectivity index (χ2v) is 7.41. The number of aryl methyl sites for hydroxylation is 1. The van der Waals surface area contributed by atoms with Crippen molar-refractivity contribution in [3.8, 4) is 0 Å². The summed E-state index contributed by atoms with van der Waals surface area (Å²) in [5.74, 6) is 0.253. The van der Waals surface area contributed by atoms with Crippen molar-refractivity contribution >= 4 is 5.91 Å². The molecule has 2 fully saturated rings. The Morgan fingerprint density at radius 3 is 2.62 bits per heavy atom. The molecule has 0 aromatic heterocycles. The van der Waals surface area contributed by atoms with E-state index in [4.69, 9.17) is 0 Å². The van der Waals surface area contributed by atoms with Crippen LogP contribution < -0.4 is 5.32 Å². The highest BCUT2D eigenvalue weighted by Gasteiger charge is 2.40. The lowest BCUT2D eigenvalue weighted by Crippen LogP contribution is -2.44. The minimum atomic E-state index is 0.0528. The molecule has 1 saturated heterocycles. The standard InChI is InChI=1S/C18H26N2O/c1-13-6-8-14(9-7-13)17-19-12-16(21)20(17)15-5-4-10-18(2,3)11-15/h6-9,15,17,19H,4-5,10-12H2,1-3H3. The van der Waals surface area contributed by atoms with E-state index in [0.717, 1.165) is 12.8 Å². The molecule has 1 saturated carbocycles. The lowest BCUT2D eigenvalue weighted by atomic mass is 9.74. The van der Waals surface area contributed by atoms with E-state index in [-0.39, 0.29) is 12.1 Å². The molecule has 2 unspecified atom stereocenters. The van der Waals surface area contributed by atoms with E-state index >= 15 is 0 Å². The van der Waals surface area contributed by atoms with Crippen LogP contribution in [-0.4, -0.2) is 23.4 Å². The molecule has 0 spiro atoms. The van der Waals surface area contributed by atoms with Crippen LogP contribution in [0.5, 0.6) is 0 Å². The summed E-state index contributed by atoms with van der Waals surface area (Å²) in [5.41, 5.74) is 2.81. The predicted octanol–water partition coefficient (Wildman–Crippen LogP) is 3.39. The third kappa shape index (κ3) is 2.98. The Kier molecular flexibility index (Phi) is 3.78. The van der Waals surface area contributed by atoms with Crippen molar-refractivity contribution in [2.45, 2.75) is 58.7 Å². The third-order valence-electron chi connectivity index (χ3n) is 4.98. The van der Waals surface area contributed by atoms with Crippen LogP contribution in [0.4, 0.5) is 0 Å². The SMILES string of the molecule is Cc1ccc(C2NCC(=O)N2C2CCCC(C)(C)C2)cc1. The van der Waals surface area contributed by atoms with Crippen LogP contribution in [0.3, 0.4) is 0 Å². The number of nitrogens with one attached hydrogen (secondary N) is 1. The summed E-state index contributed by atoms with van der Waals surface area (Å²) in [6.45, 7) is 7.22. The largest absolute Gasteiger partial charge is 0.319 e. The highest BCUT2D eigenvalue weighted by atomic mass is 16.2. The van der Waals surface area contributed by atoms with Gasteiger partial charge in [0.15, 0.2) is 0 Å². The van der Waals surface area contributed by atoms with Crippen molar-refractivity contribution in [2.75, 3.05) is 6.54 Å². The molecule has 0 bridgehead atoms. The number of hydrogen-bond acceptors (Lipinski definition) is 2. The van der Waals surface area contributed by atoms with Gasteiger partial charge in [0.25, 0.3) is 0 Å². The summed E-state index contributed by atoms with van der Waals surface area (Å²) >= 11 is 0. The molecule has 1 N–H and O–H groups in total. The Morgan fingerprint density at radius 1 is 1.24 bits per heavy atom. The maximum absolute atomic E-state index is 12.4. The van der Waals surface area contributed by atoms with Gasteiger partial charge in [-0.25, -0.2) is 0 Å².